The minimum absolute atomic E-state index is 0.0851. The Bertz CT molecular complexity index is 543. The lowest BCUT2D eigenvalue weighted by molar-refractivity contribution is -0.134. The van der Waals surface area contributed by atoms with Crippen molar-refractivity contribution in [2.45, 2.75) is 30.1 Å². The van der Waals surface area contributed by atoms with Gasteiger partial charge in [-0.3, -0.25) is 4.79 Å². The second-order valence-electron chi connectivity index (χ2n) is 6.65. The second kappa shape index (κ2) is 5.33. The molecule has 112 valence electrons. The van der Waals surface area contributed by atoms with E-state index in [9.17, 15) is 4.79 Å². The van der Waals surface area contributed by atoms with Crippen molar-refractivity contribution in [2.24, 2.45) is 5.41 Å². The Labute approximate surface area is 130 Å². The molecule has 0 bridgehead atoms. The molecule has 1 atom stereocenters. The number of amides is 1. The van der Waals surface area contributed by atoms with Crippen LogP contribution < -0.4 is 5.32 Å². The predicted octanol–water partition coefficient (Wildman–Crippen LogP) is 2.48. The third kappa shape index (κ3) is 2.38. The van der Waals surface area contributed by atoms with Gasteiger partial charge in [-0.25, -0.2) is 0 Å². The summed E-state index contributed by atoms with van der Waals surface area (Å²) in [5.41, 5.74) is 1.73. The fourth-order valence-electron chi connectivity index (χ4n) is 4.01. The van der Waals surface area contributed by atoms with E-state index in [2.05, 4.69) is 34.5 Å². The van der Waals surface area contributed by atoms with E-state index in [4.69, 9.17) is 0 Å². The molecule has 0 saturated carbocycles. The highest BCUT2D eigenvalue weighted by Gasteiger charge is 2.40. The summed E-state index contributed by atoms with van der Waals surface area (Å²) in [4.78, 5) is 16.3. The van der Waals surface area contributed by atoms with Crippen LogP contribution >= 0.6 is 11.8 Å². The third-order valence-electron chi connectivity index (χ3n) is 5.47. The van der Waals surface area contributed by atoms with Gasteiger partial charge in [-0.2, -0.15) is 0 Å². The van der Waals surface area contributed by atoms with Crippen LogP contribution in [0.2, 0.25) is 0 Å². The molecule has 1 spiro atoms. The molecule has 3 aliphatic rings. The zero-order chi connectivity index (χ0) is 14.3. The van der Waals surface area contributed by atoms with Gasteiger partial charge in [0.1, 0.15) is 0 Å². The largest absolute Gasteiger partial charge is 0.342 e. The first-order valence-electron chi connectivity index (χ1n) is 7.99. The topological polar surface area (TPSA) is 32.3 Å². The summed E-state index contributed by atoms with van der Waals surface area (Å²) in [6, 6.07) is 8.39. The smallest absolute Gasteiger partial charge is 0.231 e. The fourth-order valence-corrected chi connectivity index (χ4v) is 5.23. The summed E-state index contributed by atoms with van der Waals surface area (Å²) in [7, 11) is 0. The van der Waals surface area contributed by atoms with E-state index in [1.165, 1.54) is 29.7 Å². The number of hydrogen-bond acceptors (Lipinski definition) is 3. The fraction of sp³-hybridized carbons (Fsp3) is 0.588. The Hall–Kier alpha value is -1.00. The molecule has 0 radical (unpaired) electrons. The average molecular weight is 302 g/mol. The molecule has 4 rings (SSSR count). The molecule has 1 aromatic carbocycles. The zero-order valence-corrected chi connectivity index (χ0v) is 13.1. The van der Waals surface area contributed by atoms with E-state index in [0.717, 1.165) is 31.9 Å². The number of hydrogen-bond donors (Lipinski definition) is 1. The lowest BCUT2D eigenvalue weighted by Gasteiger charge is -2.39. The SMILES string of the molecule is O=C(C1CSc2ccccc21)N1CCC2(CCNC2)CC1. The quantitative estimate of drug-likeness (QED) is 0.865. The molecule has 4 heteroatoms. The van der Waals surface area contributed by atoms with Crippen LogP contribution in [-0.4, -0.2) is 42.7 Å². The Morgan fingerprint density at radius 1 is 1.24 bits per heavy atom. The second-order valence-corrected chi connectivity index (χ2v) is 7.72. The number of carbonyl (C=O) groups excluding carboxylic acids is 1. The maximum absolute atomic E-state index is 12.9. The Morgan fingerprint density at radius 3 is 2.81 bits per heavy atom. The molecule has 0 aromatic heterocycles. The maximum Gasteiger partial charge on any atom is 0.231 e. The van der Waals surface area contributed by atoms with Gasteiger partial charge in [0.15, 0.2) is 0 Å². The molecule has 3 heterocycles. The van der Waals surface area contributed by atoms with E-state index in [0.29, 0.717) is 11.3 Å². The van der Waals surface area contributed by atoms with Crippen LogP contribution in [0.4, 0.5) is 0 Å². The number of thioether (sulfide) groups is 1. The molecule has 3 nitrogen and oxygen atoms in total. The highest BCUT2D eigenvalue weighted by atomic mass is 32.2. The summed E-state index contributed by atoms with van der Waals surface area (Å²) in [6.45, 7) is 4.20. The monoisotopic (exact) mass is 302 g/mol. The minimum Gasteiger partial charge on any atom is -0.342 e. The number of piperidine rings is 1. The van der Waals surface area contributed by atoms with Gasteiger partial charge in [0, 0.05) is 30.3 Å². The Balaban J connectivity index is 1.45. The zero-order valence-electron chi connectivity index (χ0n) is 12.3. The summed E-state index contributed by atoms with van der Waals surface area (Å²) in [5.74, 6) is 1.36. The van der Waals surface area contributed by atoms with Crippen molar-refractivity contribution in [2.75, 3.05) is 31.9 Å². The number of benzene rings is 1. The van der Waals surface area contributed by atoms with E-state index in [1.807, 2.05) is 11.8 Å². The standard InChI is InChI=1S/C17H22N2OS/c20-16(14-11-21-15-4-2-1-3-13(14)15)19-9-6-17(7-10-19)5-8-18-12-17/h1-4,14,18H,5-12H2. The highest BCUT2D eigenvalue weighted by Crippen LogP contribution is 2.42. The summed E-state index contributed by atoms with van der Waals surface area (Å²) < 4.78 is 0. The van der Waals surface area contributed by atoms with Crippen molar-refractivity contribution in [3.8, 4) is 0 Å². The van der Waals surface area contributed by atoms with Gasteiger partial charge >= 0.3 is 0 Å². The Morgan fingerprint density at radius 2 is 2.05 bits per heavy atom. The van der Waals surface area contributed by atoms with Gasteiger partial charge in [-0.1, -0.05) is 18.2 Å². The van der Waals surface area contributed by atoms with Crippen LogP contribution in [-0.2, 0) is 4.79 Å². The first-order chi connectivity index (χ1) is 10.3. The minimum atomic E-state index is 0.0851. The van der Waals surface area contributed by atoms with Crippen molar-refractivity contribution in [1.29, 1.82) is 0 Å². The molecule has 21 heavy (non-hydrogen) atoms. The first kappa shape index (κ1) is 13.6. The van der Waals surface area contributed by atoms with E-state index in [-0.39, 0.29) is 5.92 Å². The van der Waals surface area contributed by atoms with Crippen molar-refractivity contribution in [3.05, 3.63) is 29.8 Å². The van der Waals surface area contributed by atoms with Crippen molar-refractivity contribution < 1.29 is 4.79 Å². The number of fused-ring (bicyclic) bond motifs is 1. The first-order valence-corrected chi connectivity index (χ1v) is 8.97. The van der Waals surface area contributed by atoms with Crippen LogP contribution in [0.3, 0.4) is 0 Å². The number of rotatable bonds is 1. The number of nitrogens with zero attached hydrogens (tertiary/aromatic N) is 1. The van der Waals surface area contributed by atoms with Gasteiger partial charge in [0.25, 0.3) is 0 Å². The van der Waals surface area contributed by atoms with E-state index >= 15 is 0 Å². The third-order valence-corrected chi connectivity index (χ3v) is 6.65. The number of nitrogens with one attached hydrogen (secondary N) is 1. The molecule has 0 aliphatic carbocycles. The molecule has 1 amide bonds. The van der Waals surface area contributed by atoms with Gasteiger partial charge in [-0.15, -0.1) is 11.8 Å². The maximum atomic E-state index is 12.9. The molecule has 3 aliphatic heterocycles. The van der Waals surface area contributed by atoms with E-state index in [1.54, 1.807) is 0 Å². The molecule has 2 fully saturated rings. The molecule has 1 N–H and O–H groups in total. The van der Waals surface area contributed by atoms with Crippen LogP contribution in [0.25, 0.3) is 0 Å². The summed E-state index contributed by atoms with van der Waals surface area (Å²) >= 11 is 1.83. The van der Waals surface area contributed by atoms with Crippen LogP contribution in [0.1, 0.15) is 30.7 Å². The molecule has 2 saturated heterocycles. The van der Waals surface area contributed by atoms with Gasteiger partial charge < -0.3 is 10.2 Å². The summed E-state index contributed by atoms with van der Waals surface area (Å²) in [5, 5.41) is 3.49. The van der Waals surface area contributed by atoms with Gasteiger partial charge in [-0.05, 0) is 42.9 Å². The average Bonchev–Trinajstić information content (AvgIpc) is 3.15. The van der Waals surface area contributed by atoms with E-state index < -0.39 is 0 Å². The normalized spacial score (nSPS) is 27.0. The Kier molecular flexibility index (Phi) is 3.46. The van der Waals surface area contributed by atoms with Crippen molar-refractivity contribution >= 4 is 17.7 Å². The molecule has 1 unspecified atom stereocenters. The summed E-state index contributed by atoms with van der Waals surface area (Å²) in [6.07, 6.45) is 3.64. The number of carbonyl (C=O) groups is 1. The molecular formula is C17H22N2OS. The van der Waals surface area contributed by atoms with Crippen LogP contribution in [0.15, 0.2) is 29.2 Å². The van der Waals surface area contributed by atoms with Gasteiger partial charge in [0.2, 0.25) is 5.91 Å². The lowest BCUT2D eigenvalue weighted by atomic mass is 9.77. The van der Waals surface area contributed by atoms with Crippen LogP contribution in [0, 0.1) is 5.41 Å². The lowest BCUT2D eigenvalue weighted by Crippen LogP contribution is -2.45. The molecule has 1 aromatic rings. The van der Waals surface area contributed by atoms with Crippen LogP contribution in [0.5, 0.6) is 0 Å². The van der Waals surface area contributed by atoms with Crippen molar-refractivity contribution in [3.63, 3.8) is 0 Å². The van der Waals surface area contributed by atoms with Gasteiger partial charge in [0.05, 0.1) is 5.92 Å². The van der Waals surface area contributed by atoms with Crippen molar-refractivity contribution in [1.82, 2.24) is 10.2 Å². The highest BCUT2D eigenvalue weighted by molar-refractivity contribution is 7.99. The predicted molar refractivity (Wildman–Crippen MR) is 85.6 cm³/mol. The number of likely N-dealkylation sites (tertiary alicyclic amines) is 1. The molecular weight excluding hydrogens is 280 g/mol.